The summed E-state index contributed by atoms with van der Waals surface area (Å²) in [6, 6.07) is 12.5. The molecular weight excluding hydrogens is 339 g/mol. The largest absolute Gasteiger partial charge is 0.508 e. The predicted octanol–water partition coefficient (Wildman–Crippen LogP) is 5.68. The molecule has 4 rings (SSSR count). The summed E-state index contributed by atoms with van der Waals surface area (Å²) in [6.07, 6.45) is 8.38. The summed E-state index contributed by atoms with van der Waals surface area (Å²) in [4.78, 5) is 0. The van der Waals surface area contributed by atoms with Gasteiger partial charge in [-0.2, -0.15) is 0 Å². The van der Waals surface area contributed by atoms with E-state index in [0.29, 0.717) is 23.5 Å². The van der Waals surface area contributed by atoms with Gasteiger partial charge in [-0.15, -0.1) is 0 Å². The molecule has 3 heteroatoms. The van der Waals surface area contributed by atoms with Crippen LogP contribution in [-0.2, 0) is 12.8 Å². The monoisotopic (exact) mass is 364 g/mol. The number of phenols is 1. The lowest BCUT2D eigenvalue weighted by Crippen LogP contribution is -2.33. The number of hydrogen-bond donors (Lipinski definition) is 2. The van der Waals surface area contributed by atoms with E-state index >= 15 is 0 Å². The maximum Gasteiger partial charge on any atom is 0.123 e. The Labute approximate surface area is 159 Å². The average Bonchev–Trinajstić information content (AvgIpc) is 2.65. The van der Waals surface area contributed by atoms with Gasteiger partial charge < -0.3 is 10.2 Å². The van der Waals surface area contributed by atoms with Crippen LogP contribution in [0.1, 0.15) is 36.0 Å². The smallest absolute Gasteiger partial charge is 0.123 e. The van der Waals surface area contributed by atoms with Crippen LogP contribution in [0.3, 0.4) is 0 Å². The van der Waals surface area contributed by atoms with Crippen LogP contribution < -0.4 is 0 Å². The normalized spacial score (nSPS) is 27.1. The van der Waals surface area contributed by atoms with E-state index in [1.165, 1.54) is 17.2 Å². The van der Waals surface area contributed by atoms with Gasteiger partial charge in [0.05, 0.1) is 0 Å². The van der Waals surface area contributed by atoms with Crippen molar-refractivity contribution in [1.82, 2.24) is 0 Å². The Kier molecular flexibility index (Phi) is 4.77. The van der Waals surface area contributed by atoms with Gasteiger partial charge in [0, 0.05) is 0 Å². The molecule has 0 amide bonds. The summed E-state index contributed by atoms with van der Waals surface area (Å²) in [7, 11) is 0. The van der Waals surface area contributed by atoms with Crippen molar-refractivity contribution in [2.75, 3.05) is 0 Å². The topological polar surface area (TPSA) is 40.5 Å². The third-order valence-electron chi connectivity index (χ3n) is 6.30. The SMILES string of the molecule is C[C@H]1[C@@H](Cc2cccc(F)c2)c2cc(O)ccc2C[C@H]1C1C=CC(O)=CC1. The van der Waals surface area contributed by atoms with Gasteiger partial charge in [0.1, 0.15) is 17.3 Å². The lowest BCUT2D eigenvalue weighted by atomic mass is 9.63. The van der Waals surface area contributed by atoms with E-state index in [2.05, 4.69) is 13.0 Å². The number of halogens is 1. The number of allylic oxidation sites excluding steroid dienone is 3. The molecule has 0 fully saturated rings. The molecule has 0 spiro atoms. The molecule has 0 aliphatic heterocycles. The molecule has 2 aromatic carbocycles. The van der Waals surface area contributed by atoms with E-state index in [4.69, 9.17) is 0 Å². The van der Waals surface area contributed by atoms with Crippen LogP contribution in [0.2, 0.25) is 0 Å². The molecular formula is C24H25FO2. The second kappa shape index (κ2) is 7.22. The maximum absolute atomic E-state index is 13.7. The van der Waals surface area contributed by atoms with E-state index in [9.17, 15) is 14.6 Å². The number of fused-ring (bicyclic) bond motifs is 1. The molecule has 2 N–H and O–H groups in total. The predicted molar refractivity (Wildman–Crippen MR) is 105 cm³/mol. The van der Waals surface area contributed by atoms with Crippen molar-refractivity contribution in [2.24, 2.45) is 17.8 Å². The van der Waals surface area contributed by atoms with E-state index < -0.39 is 0 Å². The minimum absolute atomic E-state index is 0.209. The Morgan fingerprint density at radius 2 is 1.96 bits per heavy atom. The Bertz CT molecular complexity index is 899. The number of aromatic hydroxyl groups is 1. The highest BCUT2D eigenvalue weighted by Crippen LogP contribution is 2.46. The van der Waals surface area contributed by atoms with Crippen molar-refractivity contribution in [3.63, 3.8) is 0 Å². The van der Waals surface area contributed by atoms with Gasteiger partial charge >= 0.3 is 0 Å². The molecule has 2 aromatic rings. The summed E-state index contributed by atoms with van der Waals surface area (Å²) in [6.45, 7) is 2.27. The molecule has 0 saturated carbocycles. The van der Waals surface area contributed by atoms with Gasteiger partial charge in [0.25, 0.3) is 0 Å². The summed E-state index contributed by atoms with van der Waals surface area (Å²) >= 11 is 0. The average molecular weight is 364 g/mol. The number of benzene rings is 2. The van der Waals surface area contributed by atoms with Crippen LogP contribution in [0.5, 0.6) is 5.75 Å². The molecule has 0 bridgehead atoms. The summed E-state index contributed by atoms with van der Waals surface area (Å²) in [5, 5.41) is 19.7. The van der Waals surface area contributed by atoms with Crippen molar-refractivity contribution >= 4 is 0 Å². The van der Waals surface area contributed by atoms with Crippen LogP contribution in [0, 0.1) is 23.6 Å². The molecule has 0 radical (unpaired) electrons. The van der Waals surface area contributed by atoms with Gasteiger partial charge in [-0.25, -0.2) is 4.39 Å². The number of phenolic OH excluding ortho intramolecular Hbond substituents is 1. The van der Waals surface area contributed by atoms with Crippen LogP contribution >= 0.6 is 0 Å². The van der Waals surface area contributed by atoms with Crippen molar-refractivity contribution in [2.45, 2.75) is 32.1 Å². The molecule has 27 heavy (non-hydrogen) atoms. The molecule has 0 heterocycles. The maximum atomic E-state index is 13.7. The van der Waals surface area contributed by atoms with Crippen LogP contribution in [-0.4, -0.2) is 10.2 Å². The second-order valence-corrected chi connectivity index (χ2v) is 7.94. The van der Waals surface area contributed by atoms with Crippen LogP contribution in [0.15, 0.2) is 66.5 Å². The first-order chi connectivity index (χ1) is 13.0. The third kappa shape index (κ3) is 3.64. The highest BCUT2D eigenvalue weighted by atomic mass is 19.1. The molecule has 4 atom stereocenters. The highest BCUT2D eigenvalue weighted by molar-refractivity contribution is 5.41. The first-order valence-corrected chi connectivity index (χ1v) is 9.65. The Morgan fingerprint density at radius 3 is 2.70 bits per heavy atom. The fourth-order valence-electron chi connectivity index (χ4n) is 4.83. The Morgan fingerprint density at radius 1 is 1.11 bits per heavy atom. The third-order valence-corrected chi connectivity index (χ3v) is 6.30. The fraction of sp³-hybridized carbons (Fsp3) is 0.333. The van der Waals surface area contributed by atoms with Crippen LogP contribution in [0.25, 0.3) is 0 Å². The zero-order chi connectivity index (χ0) is 19.0. The standard InChI is InChI=1S/C24H25FO2/c1-15-22(17-5-8-20(26)9-6-17)13-18-7-10-21(27)14-24(18)23(15)12-16-3-2-4-19(25)11-16/h2-5,7-11,14-15,17,22-23,26-27H,6,12-13H2,1H3/t15-,17?,22-,23-/m1/s1. The Balaban J connectivity index is 1.69. The van der Waals surface area contributed by atoms with E-state index in [1.807, 2.05) is 24.3 Å². The molecule has 0 aromatic heterocycles. The quantitative estimate of drug-likeness (QED) is 0.735. The van der Waals surface area contributed by atoms with E-state index in [1.54, 1.807) is 24.3 Å². The molecule has 2 aliphatic carbocycles. The van der Waals surface area contributed by atoms with Crippen molar-refractivity contribution < 1.29 is 14.6 Å². The highest BCUT2D eigenvalue weighted by Gasteiger charge is 2.37. The first kappa shape index (κ1) is 17.8. The molecule has 2 nitrogen and oxygen atoms in total. The summed E-state index contributed by atoms with van der Waals surface area (Å²) in [5.74, 6) is 1.85. The van der Waals surface area contributed by atoms with E-state index in [0.717, 1.165) is 24.8 Å². The number of rotatable bonds is 3. The number of aliphatic hydroxyl groups is 1. The van der Waals surface area contributed by atoms with Crippen molar-refractivity contribution in [3.05, 3.63) is 89.0 Å². The van der Waals surface area contributed by atoms with Gasteiger partial charge in [0.2, 0.25) is 0 Å². The zero-order valence-corrected chi connectivity index (χ0v) is 15.5. The van der Waals surface area contributed by atoms with Gasteiger partial charge in [-0.05, 0) is 96.0 Å². The lowest BCUT2D eigenvalue weighted by molar-refractivity contribution is 0.217. The zero-order valence-electron chi connectivity index (χ0n) is 15.5. The molecule has 0 saturated heterocycles. The summed E-state index contributed by atoms with van der Waals surface area (Å²) < 4.78 is 13.7. The number of aliphatic hydroxyl groups excluding tert-OH is 1. The van der Waals surface area contributed by atoms with Crippen molar-refractivity contribution in [1.29, 1.82) is 0 Å². The van der Waals surface area contributed by atoms with E-state index in [-0.39, 0.29) is 17.5 Å². The summed E-state index contributed by atoms with van der Waals surface area (Å²) in [5.41, 5.74) is 3.43. The second-order valence-electron chi connectivity index (χ2n) is 7.94. The molecule has 1 unspecified atom stereocenters. The lowest BCUT2D eigenvalue weighted by Gasteiger charge is -2.41. The Hall–Kier alpha value is -2.55. The van der Waals surface area contributed by atoms with Crippen molar-refractivity contribution in [3.8, 4) is 5.75 Å². The van der Waals surface area contributed by atoms with Gasteiger partial charge in [-0.1, -0.05) is 31.2 Å². The first-order valence-electron chi connectivity index (χ1n) is 9.65. The fourth-order valence-corrected chi connectivity index (χ4v) is 4.83. The molecule has 2 aliphatic rings. The van der Waals surface area contributed by atoms with Crippen LogP contribution in [0.4, 0.5) is 4.39 Å². The van der Waals surface area contributed by atoms with Gasteiger partial charge in [0.15, 0.2) is 0 Å². The minimum atomic E-state index is -0.209. The molecule has 140 valence electrons. The minimum Gasteiger partial charge on any atom is -0.508 e. The van der Waals surface area contributed by atoms with Gasteiger partial charge in [-0.3, -0.25) is 0 Å². The number of hydrogen-bond acceptors (Lipinski definition) is 2.